The predicted molar refractivity (Wildman–Crippen MR) is 70.1 cm³/mol. The van der Waals surface area contributed by atoms with Gasteiger partial charge in [-0.25, -0.2) is 0 Å². The van der Waals surface area contributed by atoms with Gasteiger partial charge in [-0.1, -0.05) is 45.1 Å². The maximum absolute atomic E-state index is 12.3. The Labute approximate surface area is 96.8 Å². The normalized spacial score (nSPS) is 16.5. The zero-order chi connectivity index (χ0) is 11.8. The molecule has 0 radical (unpaired) electrons. The van der Waals surface area contributed by atoms with Crippen LogP contribution in [0.15, 0.2) is 0 Å². The Balaban J connectivity index is 4.19. The minimum Gasteiger partial charge on any atom is -0.0742 e. The van der Waals surface area contributed by atoms with Crippen LogP contribution in [0, 0.1) is 5.92 Å². The molecule has 0 N–H and O–H groups in total. The van der Waals surface area contributed by atoms with E-state index in [9.17, 15) is 4.57 Å². The molecular weight excluding hydrogens is 203 g/mol. The molecule has 15 heavy (non-hydrogen) atoms. The first-order valence-corrected chi connectivity index (χ1v) is 7.89. The van der Waals surface area contributed by atoms with Crippen molar-refractivity contribution in [3.8, 4) is 0 Å². The van der Waals surface area contributed by atoms with Crippen molar-refractivity contribution in [2.24, 2.45) is 5.92 Å². The van der Waals surface area contributed by atoms with Crippen LogP contribution in [0.3, 0.4) is 0 Å². The largest absolute Gasteiger partial charge is 0.344 e. The zero-order valence-corrected chi connectivity index (χ0v) is 12.0. The molecule has 0 aliphatic rings. The third-order valence-corrected chi connectivity index (χ3v) is 5.97. The van der Waals surface area contributed by atoms with Crippen molar-refractivity contribution in [1.29, 1.82) is 0 Å². The van der Waals surface area contributed by atoms with Crippen LogP contribution in [0.1, 0.15) is 66.7 Å². The summed E-state index contributed by atoms with van der Waals surface area (Å²) in [5.74, 6) is 0.569. The SMILES string of the molecule is CCCCCC(C(C)C)[P+](=O)C(C)CC. The molecule has 0 aromatic rings. The summed E-state index contributed by atoms with van der Waals surface area (Å²) >= 11 is 0. The maximum atomic E-state index is 12.3. The Morgan fingerprint density at radius 1 is 1.07 bits per heavy atom. The molecule has 1 nitrogen and oxygen atoms in total. The van der Waals surface area contributed by atoms with Gasteiger partial charge in [-0.3, -0.25) is 0 Å². The summed E-state index contributed by atoms with van der Waals surface area (Å²) in [6, 6.07) is 0. The van der Waals surface area contributed by atoms with E-state index in [0.717, 1.165) is 12.8 Å². The summed E-state index contributed by atoms with van der Waals surface area (Å²) in [6.07, 6.45) is 5.99. The highest BCUT2D eigenvalue weighted by Crippen LogP contribution is 2.42. The Morgan fingerprint density at radius 2 is 1.67 bits per heavy atom. The molecule has 0 bridgehead atoms. The van der Waals surface area contributed by atoms with E-state index in [1.165, 1.54) is 19.3 Å². The van der Waals surface area contributed by atoms with Crippen LogP contribution in [-0.4, -0.2) is 11.3 Å². The molecule has 0 aliphatic carbocycles. The second kappa shape index (κ2) is 8.28. The van der Waals surface area contributed by atoms with Gasteiger partial charge in [0.2, 0.25) is 0 Å². The van der Waals surface area contributed by atoms with Crippen molar-refractivity contribution in [1.82, 2.24) is 0 Å². The first kappa shape index (κ1) is 15.1. The number of rotatable bonds is 8. The van der Waals surface area contributed by atoms with Crippen molar-refractivity contribution in [3.63, 3.8) is 0 Å². The second-order valence-electron chi connectivity index (χ2n) is 4.92. The van der Waals surface area contributed by atoms with Crippen molar-refractivity contribution >= 4 is 7.80 Å². The molecule has 0 heterocycles. The first-order valence-electron chi connectivity index (χ1n) is 6.50. The van der Waals surface area contributed by atoms with E-state index in [2.05, 4.69) is 34.6 Å². The molecule has 3 atom stereocenters. The molecular formula is C13H28OP+. The zero-order valence-electron chi connectivity index (χ0n) is 11.1. The van der Waals surface area contributed by atoms with Gasteiger partial charge in [0.1, 0.15) is 0 Å². The predicted octanol–water partition coefficient (Wildman–Crippen LogP) is 5.22. The summed E-state index contributed by atoms with van der Waals surface area (Å²) in [7, 11) is -1.01. The highest BCUT2D eigenvalue weighted by molar-refractivity contribution is 7.46. The maximum Gasteiger partial charge on any atom is 0.344 e. The van der Waals surface area contributed by atoms with Crippen LogP contribution >= 0.6 is 7.80 Å². The van der Waals surface area contributed by atoms with E-state index >= 15 is 0 Å². The Bertz CT molecular complexity index is 177. The Hall–Kier alpha value is 0.100. The van der Waals surface area contributed by atoms with Gasteiger partial charge in [0, 0.05) is 0 Å². The quantitative estimate of drug-likeness (QED) is 0.413. The highest BCUT2D eigenvalue weighted by Gasteiger charge is 2.36. The van der Waals surface area contributed by atoms with E-state index in [1.807, 2.05) is 0 Å². The number of unbranched alkanes of at least 4 members (excludes halogenated alkanes) is 2. The standard InChI is InChI=1S/C13H28OP/c1-6-8-9-10-13(11(3)4)15(14)12(5)7-2/h11-13H,6-10H2,1-5H3/q+1. The lowest BCUT2D eigenvalue weighted by atomic mass is 10.0. The van der Waals surface area contributed by atoms with Crippen LogP contribution in [0.2, 0.25) is 0 Å². The van der Waals surface area contributed by atoms with Gasteiger partial charge in [-0.15, -0.1) is 0 Å². The van der Waals surface area contributed by atoms with Crippen LogP contribution in [0.25, 0.3) is 0 Å². The Morgan fingerprint density at radius 3 is 2.07 bits per heavy atom. The topological polar surface area (TPSA) is 17.1 Å². The third kappa shape index (κ3) is 5.66. The van der Waals surface area contributed by atoms with Crippen LogP contribution in [0.5, 0.6) is 0 Å². The molecule has 0 fully saturated rings. The fourth-order valence-electron chi connectivity index (χ4n) is 1.86. The summed E-state index contributed by atoms with van der Waals surface area (Å²) in [6.45, 7) is 10.9. The number of hydrogen-bond donors (Lipinski definition) is 0. The molecule has 0 saturated carbocycles. The molecule has 0 rings (SSSR count). The lowest BCUT2D eigenvalue weighted by Gasteiger charge is -2.13. The lowest BCUT2D eigenvalue weighted by molar-refractivity contribution is 0.497. The molecule has 0 saturated heterocycles. The summed E-state index contributed by atoms with van der Waals surface area (Å²) < 4.78 is 12.3. The van der Waals surface area contributed by atoms with Gasteiger partial charge in [0.25, 0.3) is 0 Å². The van der Waals surface area contributed by atoms with Crippen molar-refractivity contribution in [2.45, 2.75) is 78.0 Å². The summed E-state index contributed by atoms with van der Waals surface area (Å²) in [5.41, 5.74) is 0.843. The van der Waals surface area contributed by atoms with E-state index < -0.39 is 7.80 Å². The fourth-order valence-corrected chi connectivity index (χ4v) is 3.90. The first-order chi connectivity index (χ1) is 7.04. The molecule has 2 heteroatoms. The monoisotopic (exact) mass is 231 g/mol. The van der Waals surface area contributed by atoms with Gasteiger partial charge >= 0.3 is 7.80 Å². The van der Waals surface area contributed by atoms with Crippen LogP contribution < -0.4 is 0 Å². The fraction of sp³-hybridized carbons (Fsp3) is 1.00. The van der Waals surface area contributed by atoms with E-state index in [1.54, 1.807) is 0 Å². The van der Waals surface area contributed by atoms with Gasteiger partial charge in [0.05, 0.1) is 0 Å². The van der Waals surface area contributed by atoms with Crippen molar-refractivity contribution in [3.05, 3.63) is 0 Å². The van der Waals surface area contributed by atoms with E-state index in [4.69, 9.17) is 0 Å². The number of hydrogen-bond acceptors (Lipinski definition) is 1. The van der Waals surface area contributed by atoms with E-state index in [-0.39, 0.29) is 0 Å². The van der Waals surface area contributed by atoms with Crippen LogP contribution in [0.4, 0.5) is 0 Å². The minimum absolute atomic E-state index is 0.397. The minimum atomic E-state index is -1.01. The third-order valence-electron chi connectivity index (χ3n) is 3.23. The molecule has 0 aromatic carbocycles. The second-order valence-corrected chi connectivity index (χ2v) is 7.19. The summed E-state index contributed by atoms with van der Waals surface area (Å²) in [4.78, 5) is 0. The molecule has 0 aromatic heterocycles. The average Bonchev–Trinajstić information content (AvgIpc) is 2.22. The van der Waals surface area contributed by atoms with Gasteiger partial charge in [-0.05, 0) is 32.1 Å². The molecule has 0 aliphatic heterocycles. The molecule has 3 unspecified atom stereocenters. The van der Waals surface area contributed by atoms with Crippen molar-refractivity contribution < 1.29 is 4.57 Å². The molecule has 90 valence electrons. The molecule has 0 spiro atoms. The van der Waals surface area contributed by atoms with Crippen LogP contribution in [-0.2, 0) is 4.57 Å². The average molecular weight is 231 g/mol. The highest BCUT2D eigenvalue weighted by atomic mass is 31.1. The van der Waals surface area contributed by atoms with Gasteiger partial charge in [-0.2, -0.15) is 0 Å². The molecule has 0 amide bonds. The Kier molecular flexibility index (Phi) is 8.33. The van der Waals surface area contributed by atoms with E-state index in [0.29, 0.717) is 17.2 Å². The van der Waals surface area contributed by atoms with Gasteiger partial charge in [0.15, 0.2) is 11.3 Å². The summed E-state index contributed by atoms with van der Waals surface area (Å²) in [5, 5.41) is 0. The smallest absolute Gasteiger partial charge is 0.0742 e. The lowest BCUT2D eigenvalue weighted by Crippen LogP contribution is -2.15. The van der Waals surface area contributed by atoms with Crippen molar-refractivity contribution in [2.75, 3.05) is 0 Å². The van der Waals surface area contributed by atoms with Gasteiger partial charge < -0.3 is 0 Å².